The predicted molar refractivity (Wildman–Crippen MR) is 134 cm³/mol. The fraction of sp³-hybridized carbons (Fsp3) is 0.423. The van der Waals surface area contributed by atoms with Crippen molar-refractivity contribution >= 4 is 16.9 Å². The summed E-state index contributed by atoms with van der Waals surface area (Å²) in [5.41, 5.74) is 3.46. The monoisotopic (exact) mass is 490 g/mol. The molecule has 36 heavy (non-hydrogen) atoms. The molecule has 1 aromatic carbocycles. The molecule has 3 aromatic heterocycles. The second-order valence-corrected chi connectivity index (χ2v) is 9.36. The van der Waals surface area contributed by atoms with E-state index >= 15 is 0 Å². The lowest BCUT2D eigenvalue weighted by atomic mass is 10.1. The number of benzene rings is 1. The van der Waals surface area contributed by atoms with Crippen LogP contribution in [0.2, 0.25) is 0 Å². The number of nitrogens with zero attached hydrogens (tertiary/aromatic N) is 6. The second kappa shape index (κ2) is 9.69. The maximum absolute atomic E-state index is 11.5. The SMILES string of the molecule is Cc1cc(-c2ccnc(-c3nn(C4CCCCO4)c4ccc(OC(C)C)cc34)n2)nn1C(C)C(=O)O. The highest BCUT2D eigenvalue weighted by Crippen LogP contribution is 2.34. The summed E-state index contributed by atoms with van der Waals surface area (Å²) >= 11 is 0. The van der Waals surface area contributed by atoms with Crippen molar-refractivity contribution in [2.75, 3.05) is 6.61 Å². The first-order valence-electron chi connectivity index (χ1n) is 12.2. The number of hydrogen-bond donors (Lipinski definition) is 1. The molecule has 188 valence electrons. The zero-order valence-corrected chi connectivity index (χ0v) is 20.9. The Morgan fingerprint density at radius 1 is 1.14 bits per heavy atom. The minimum absolute atomic E-state index is 0.0359. The van der Waals surface area contributed by atoms with Crippen LogP contribution in [-0.2, 0) is 9.53 Å². The minimum Gasteiger partial charge on any atom is -0.491 e. The van der Waals surface area contributed by atoms with Crippen molar-refractivity contribution in [3.8, 4) is 28.7 Å². The van der Waals surface area contributed by atoms with Crippen LogP contribution in [0.1, 0.15) is 58.0 Å². The van der Waals surface area contributed by atoms with Crippen LogP contribution >= 0.6 is 0 Å². The number of aliphatic carboxylic acids is 1. The van der Waals surface area contributed by atoms with Crippen molar-refractivity contribution in [2.45, 2.75) is 65.3 Å². The van der Waals surface area contributed by atoms with E-state index < -0.39 is 12.0 Å². The summed E-state index contributed by atoms with van der Waals surface area (Å²) in [5.74, 6) is 0.251. The van der Waals surface area contributed by atoms with Crippen LogP contribution in [-0.4, -0.2) is 53.3 Å². The van der Waals surface area contributed by atoms with Crippen LogP contribution in [0.3, 0.4) is 0 Å². The Labute approximate surface area is 208 Å². The molecule has 1 saturated heterocycles. The van der Waals surface area contributed by atoms with Gasteiger partial charge in [-0.3, -0.25) is 4.68 Å². The summed E-state index contributed by atoms with van der Waals surface area (Å²) in [4.78, 5) is 20.8. The number of fused-ring (bicyclic) bond motifs is 1. The average Bonchev–Trinajstić information content (AvgIpc) is 3.44. The molecule has 1 N–H and O–H groups in total. The van der Waals surface area contributed by atoms with Crippen LogP contribution in [0.25, 0.3) is 33.8 Å². The molecule has 5 rings (SSSR count). The summed E-state index contributed by atoms with van der Waals surface area (Å²) in [5, 5.41) is 19.7. The average molecular weight is 491 g/mol. The Morgan fingerprint density at radius 2 is 1.97 bits per heavy atom. The van der Waals surface area contributed by atoms with Gasteiger partial charge in [-0.15, -0.1) is 0 Å². The zero-order valence-electron chi connectivity index (χ0n) is 20.9. The molecule has 0 aliphatic carbocycles. The number of aryl methyl sites for hydroxylation is 1. The molecule has 4 aromatic rings. The smallest absolute Gasteiger partial charge is 0.328 e. The van der Waals surface area contributed by atoms with Crippen molar-refractivity contribution < 1.29 is 19.4 Å². The Bertz CT molecular complexity index is 1400. The summed E-state index contributed by atoms with van der Waals surface area (Å²) in [6, 6.07) is 8.73. The van der Waals surface area contributed by atoms with Crippen LogP contribution in [0.4, 0.5) is 0 Å². The summed E-state index contributed by atoms with van der Waals surface area (Å²) in [6.07, 6.45) is 4.58. The van der Waals surface area contributed by atoms with E-state index in [1.54, 1.807) is 19.2 Å². The molecule has 2 unspecified atom stereocenters. The van der Waals surface area contributed by atoms with Gasteiger partial charge in [-0.05, 0) is 77.3 Å². The van der Waals surface area contributed by atoms with Gasteiger partial charge in [-0.2, -0.15) is 10.2 Å². The lowest BCUT2D eigenvalue weighted by Gasteiger charge is -2.23. The lowest BCUT2D eigenvalue weighted by Crippen LogP contribution is -2.19. The highest BCUT2D eigenvalue weighted by atomic mass is 16.5. The summed E-state index contributed by atoms with van der Waals surface area (Å²) in [7, 11) is 0. The molecule has 10 heteroatoms. The molecule has 10 nitrogen and oxygen atoms in total. The van der Waals surface area contributed by atoms with E-state index in [2.05, 4.69) is 10.1 Å². The van der Waals surface area contributed by atoms with Crippen molar-refractivity contribution in [3.63, 3.8) is 0 Å². The third-order valence-corrected chi connectivity index (χ3v) is 6.25. The molecule has 0 spiro atoms. The maximum Gasteiger partial charge on any atom is 0.328 e. The number of aromatic nitrogens is 6. The van der Waals surface area contributed by atoms with E-state index in [9.17, 15) is 9.90 Å². The van der Waals surface area contributed by atoms with Crippen LogP contribution in [0.15, 0.2) is 36.5 Å². The van der Waals surface area contributed by atoms with Crippen molar-refractivity contribution in [3.05, 3.63) is 42.2 Å². The van der Waals surface area contributed by atoms with Crippen molar-refractivity contribution in [2.24, 2.45) is 0 Å². The van der Waals surface area contributed by atoms with E-state index in [0.29, 0.717) is 29.5 Å². The Balaban J connectivity index is 1.60. The van der Waals surface area contributed by atoms with Gasteiger partial charge >= 0.3 is 5.97 Å². The molecule has 0 amide bonds. The van der Waals surface area contributed by atoms with Gasteiger partial charge in [0.05, 0.1) is 17.3 Å². The van der Waals surface area contributed by atoms with Crippen molar-refractivity contribution in [1.29, 1.82) is 0 Å². The quantitative estimate of drug-likeness (QED) is 0.393. The number of rotatable bonds is 7. The van der Waals surface area contributed by atoms with Crippen molar-refractivity contribution in [1.82, 2.24) is 29.5 Å². The van der Waals surface area contributed by atoms with Crippen LogP contribution in [0, 0.1) is 6.92 Å². The zero-order chi connectivity index (χ0) is 25.4. The highest BCUT2D eigenvalue weighted by molar-refractivity contribution is 5.93. The molecule has 1 aliphatic rings. The molecule has 2 atom stereocenters. The number of hydrogen-bond acceptors (Lipinski definition) is 7. The maximum atomic E-state index is 11.5. The Hall–Kier alpha value is -3.79. The van der Waals surface area contributed by atoms with Crippen LogP contribution in [0.5, 0.6) is 5.75 Å². The molecule has 1 fully saturated rings. The highest BCUT2D eigenvalue weighted by Gasteiger charge is 2.24. The van der Waals surface area contributed by atoms with Gasteiger partial charge in [0.15, 0.2) is 12.1 Å². The molecule has 0 bridgehead atoms. The van der Waals surface area contributed by atoms with E-state index in [1.165, 1.54) is 4.68 Å². The predicted octanol–water partition coefficient (Wildman–Crippen LogP) is 4.80. The molecule has 0 radical (unpaired) electrons. The Kier molecular flexibility index (Phi) is 6.44. The Morgan fingerprint density at radius 3 is 2.69 bits per heavy atom. The topological polar surface area (TPSA) is 117 Å². The van der Waals surface area contributed by atoms with E-state index in [1.807, 2.05) is 49.7 Å². The van der Waals surface area contributed by atoms with Gasteiger partial charge in [0, 0.05) is 23.9 Å². The van der Waals surface area contributed by atoms with Gasteiger partial charge in [0.25, 0.3) is 0 Å². The standard InChI is InChI=1S/C26H30N6O4/c1-15(2)36-18-8-9-22-19(14-18)24(30-32(22)23-7-5-6-12-35-23)25-27-11-10-20(28-25)21-13-16(3)31(29-21)17(4)26(33)34/h8-11,13-15,17,23H,5-7,12H2,1-4H3,(H,33,34). The first-order chi connectivity index (χ1) is 17.3. The van der Waals surface area contributed by atoms with Crippen LogP contribution < -0.4 is 4.74 Å². The fourth-order valence-corrected chi connectivity index (χ4v) is 4.49. The lowest BCUT2D eigenvalue weighted by molar-refractivity contribution is -0.140. The van der Waals surface area contributed by atoms with Gasteiger partial charge in [0.1, 0.15) is 23.2 Å². The number of ether oxygens (including phenoxy) is 2. The van der Waals surface area contributed by atoms with E-state index in [4.69, 9.17) is 19.6 Å². The molecular weight excluding hydrogens is 460 g/mol. The number of carbonyl (C=O) groups is 1. The number of carboxylic acids is 1. The van der Waals surface area contributed by atoms with E-state index in [-0.39, 0.29) is 12.3 Å². The first-order valence-corrected chi connectivity index (χ1v) is 12.2. The normalized spacial score (nSPS) is 17.0. The van der Waals surface area contributed by atoms with Gasteiger partial charge in [-0.1, -0.05) is 0 Å². The molecular formula is C26H30N6O4. The molecule has 4 heterocycles. The molecule has 0 saturated carbocycles. The fourth-order valence-electron chi connectivity index (χ4n) is 4.49. The number of carboxylic acid groups (broad SMARTS) is 1. The van der Waals surface area contributed by atoms with E-state index in [0.717, 1.165) is 41.6 Å². The molecule has 1 aliphatic heterocycles. The second-order valence-electron chi connectivity index (χ2n) is 9.36. The summed E-state index contributed by atoms with van der Waals surface area (Å²) in [6.45, 7) is 8.11. The third-order valence-electron chi connectivity index (χ3n) is 6.25. The van der Waals surface area contributed by atoms with Gasteiger partial charge < -0.3 is 14.6 Å². The first kappa shape index (κ1) is 23.9. The third kappa shape index (κ3) is 4.56. The largest absolute Gasteiger partial charge is 0.491 e. The minimum atomic E-state index is -0.947. The van der Waals surface area contributed by atoms with Gasteiger partial charge in [0.2, 0.25) is 0 Å². The summed E-state index contributed by atoms with van der Waals surface area (Å²) < 4.78 is 15.4. The van der Waals surface area contributed by atoms with Gasteiger partial charge in [-0.25, -0.2) is 19.4 Å².